The normalized spacial score (nSPS) is 24.6. The molecule has 3 aromatic heterocycles. The first-order valence-electron chi connectivity index (χ1n) is 46.3. The Morgan fingerprint density at radius 2 is 1.09 bits per heavy atom. The molecule has 137 heavy (non-hydrogen) atoms. The van der Waals surface area contributed by atoms with Crippen LogP contribution >= 0.6 is 11.8 Å². The second kappa shape index (κ2) is 52.1. The smallest absolute Gasteiger partial charge is 0.305 e. The van der Waals surface area contributed by atoms with E-state index in [0.29, 0.717) is 75.9 Å². The van der Waals surface area contributed by atoms with Gasteiger partial charge in [-0.1, -0.05) is 88.1 Å². The van der Waals surface area contributed by atoms with E-state index < -0.39 is 247 Å². The highest BCUT2D eigenvalue weighted by molar-refractivity contribution is 8.00. The van der Waals surface area contributed by atoms with Crippen molar-refractivity contribution in [2.24, 2.45) is 23.1 Å². The highest BCUT2D eigenvalue weighted by Gasteiger charge is 2.47. The SMILES string of the molecule is CCCC[C@H]1C(=O)N(C)[C@@H](CCCC)C(=O)N[C@@H](CCC(=O)O)C(=O)N[C@H](C(=O)NCC(N)=O)CSCC(=O)N[C@@H](Cc2ccc(O)cc2)C(=O)N(C)[C@@H](C)C(=O)N[C@@H](CC(=O)O)C(=O)N2CCC[C@H]2C(=O)N[C@@H](Cc2c[nH]cn2)C(=O)N[C@@H](CCCN)C(=O)N2C[C@H](O)C[C@H]2C(=O)C[C@@H](Cc2c[nH]c3ccccc23)C(=O)N[C@@H](CCCCN)C(=O)N[C@@H](Cc2c[nH]c3ccccc23)C(=O)N1C. The maximum absolute atomic E-state index is 15.9. The van der Waals surface area contributed by atoms with Crippen LogP contribution in [0.5, 0.6) is 5.75 Å². The van der Waals surface area contributed by atoms with E-state index in [-0.39, 0.29) is 121 Å². The van der Waals surface area contributed by atoms with Gasteiger partial charge in [0.05, 0.1) is 42.9 Å². The summed E-state index contributed by atoms with van der Waals surface area (Å²) in [4.78, 5) is 282. The van der Waals surface area contributed by atoms with Gasteiger partial charge in [0.25, 0.3) is 0 Å². The van der Waals surface area contributed by atoms with E-state index in [1.54, 1.807) is 67.8 Å². The molecule has 22 N–H and O–H groups in total. The van der Waals surface area contributed by atoms with Gasteiger partial charge in [-0.15, -0.1) is 11.8 Å². The minimum Gasteiger partial charge on any atom is -0.508 e. The lowest BCUT2D eigenvalue weighted by Crippen LogP contribution is -2.60. The van der Waals surface area contributed by atoms with Crippen molar-refractivity contribution in [3.05, 3.63) is 120 Å². The fourth-order valence-electron chi connectivity index (χ4n) is 17.2. The maximum Gasteiger partial charge on any atom is 0.305 e. The molecule has 9 rings (SSSR count). The number of nitrogens with two attached hydrogens (primary N) is 3. The molecule has 0 aliphatic carbocycles. The predicted octanol–water partition coefficient (Wildman–Crippen LogP) is -0.808. The number of H-pyrrole nitrogens is 3. The third kappa shape index (κ3) is 30.3. The Labute approximate surface area is 796 Å². The van der Waals surface area contributed by atoms with Crippen molar-refractivity contribution in [3.8, 4) is 5.75 Å². The van der Waals surface area contributed by atoms with Crippen molar-refractivity contribution in [2.45, 2.75) is 247 Å². The number of carbonyl (C=O) groups is 18. The van der Waals surface area contributed by atoms with E-state index in [0.717, 1.165) is 19.6 Å². The van der Waals surface area contributed by atoms with Gasteiger partial charge in [0, 0.05) is 125 Å². The largest absolute Gasteiger partial charge is 0.508 e. The monoisotopic (exact) mass is 1920 g/mol. The summed E-state index contributed by atoms with van der Waals surface area (Å²) >= 11 is 0.704. The number of rotatable bonds is 29. The van der Waals surface area contributed by atoms with Crippen LogP contribution in [0.1, 0.15) is 159 Å². The number of phenolic OH excluding ortho intramolecular Hbond substituents is 1. The summed E-state index contributed by atoms with van der Waals surface area (Å²) in [5.74, 6) is -20.6. The lowest BCUT2D eigenvalue weighted by molar-refractivity contribution is -0.149. The Morgan fingerprint density at radius 3 is 1.72 bits per heavy atom. The molecular formula is C93H129N21O22S. The van der Waals surface area contributed by atoms with Crippen LogP contribution in [0.4, 0.5) is 0 Å². The van der Waals surface area contributed by atoms with Crippen LogP contribution in [0, 0.1) is 5.92 Å². The van der Waals surface area contributed by atoms with Crippen molar-refractivity contribution in [2.75, 3.05) is 65.4 Å². The standard InChI is InChI=1S/C93H129N21O22S/c1-7-9-25-72-87(130)104-65(32-33-79(120)121)85(128)109-71(83(126)100-47-77(96)118)49-137-50-78(119)102-68(37-53-28-30-58(115)31-29-53)89(132)110(4)52(3)81(124)107-70(43-80(122)123)92(135)113-36-18-27-73(113)88(131)106-67(41-57-46-97-51-101-57)86(129)105-66(24-17-35-95)91(134)114-48-59(116)42-75(114)76(117)40-54(38-55-44-98-62-21-13-11-19-60(55)62)82(125)103-64(23-15-16-34-94)84(127)108-69(39-56-45-99-63-22-14-12-20-61(56)63)90(133)112(6)74(26-10-8-2)93(136)111(72)5/h11-14,19-22,28-31,44-46,51-52,54,59,64-75,98-99,115-116H,7-10,15-18,23-27,32-43,47-50,94-95H2,1-6H3,(H2,96,118)(H,97,101)(H,100,126)(H,102,119)(H,103,125)(H,104,130)(H,105,129)(H,106,131)(H,107,124)(H,108,127)(H,109,128)(H,120,121)(H,122,123)/t52-,54+,59+,64-,65-,66-,67-,68-,69-,70-,71-,72-,73-,74-,75-/m0/s1. The summed E-state index contributed by atoms with van der Waals surface area (Å²) in [6.45, 7) is 3.65. The van der Waals surface area contributed by atoms with E-state index in [2.05, 4.69) is 67.8 Å². The van der Waals surface area contributed by atoms with Crippen molar-refractivity contribution >= 4 is 140 Å². The number of aliphatic hydroxyl groups excluding tert-OH is 1. The molecule has 3 aromatic carbocycles. The number of aliphatic carboxylic acids is 2. The first-order chi connectivity index (χ1) is 65.4. The lowest BCUT2D eigenvalue weighted by Gasteiger charge is -2.36. The van der Waals surface area contributed by atoms with Gasteiger partial charge in [-0.25, -0.2) is 4.98 Å². The minimum absolute atomic E-state index is 0.0148. The third-order valence-corrected chi connectivity index (χ3v) is 26.0. The predicted molar refractivity (Wildman–Crippen MR) is 502 cm³/mol. The Bertz CT molecular complexity index is 5250. The highest BCUT2D eigenvalue weighted by atomic mass is 32.2. The molecule has 43 nitrogen and oxygen atoms in total. The number of imidazole rings is 1. The Kier molecular flexibility index (Phi) is 40.8. The molecule has 3 saturated heterocycles. The number of fused-ring (bicyclic) bond motifs is 4. The first kappa shape index (κ1) is 107. The summed E-state index contributed by atoms with van der Waals surface area (Å²) in [5.41, 5.74) is 20.6. The number of nitrogens with zero attached hydrogens (tertiary/aromatic N) is 6. The number of para-hydroxylation sites is 2. The molecule has 3 fully saturated rings. The van der Waals surface area contributed by atoms with Gasteiger partial charge in [0.1, 0.15) is 78.3 Å². The summed E-state index contributed by atoms with van der Waals surface area (Å²) in [7, 11) is 3.85. The van der Waals surface area contributed by atoms with E-state index in [1.807, 2.05) is 6.92 Å². The molecular weight excluding hydrogens is 1800 g/mol. The fourth-order valence-corrected chi connectivity index (χ4v) is 18.1. The van der Waals surface area contributed by atoms with Crippen molar-refractivity contribution in [3.63, 3.8) is 0 Å². The molecule has 0 spiro atoms. The Balaban J connectivity index is 1.11. The summed E-state index contributed by atoms with van der Waals surface area (Å²) in [6.07, 6.45) is 2.30. The number of aromatic amines is 3. The van der Waals surface area contributed by atoms with Crippen LogP contribution in [0.15, 0.2) is 97.7 Å². The van der Waals surface area contributed by atoms with Crippen LogP contribution in [-0.2, 0) is 112 Å². The number of carbonyl (C=O) groups excluding carboxylic acids is 16. The number of aliphatic hydroxyl groups is 1. The molecule has 3 aliphatic heterocycles. The zero-order valence-electron chi connectivity index (χ0n) is 77.9. The Morgan fingerprint density at radius 1 is 0.533 bits per heavy atom. The number of likely N-dealkylation sites (N-methyl/N-ethyl adjacent to an activating group) is 3. The van der Waals surface area contributed by atoms with Crippen LogP contribution in [-0.4, -0.2) is 321 Å². The number of phenols is 1. The minimum atomic E-state index is -1.92. The highest BCUT2D eigenvalue weighted by Crippen LogP contribution is 2.30. The molecule has 0 saturated carbocycles. The van der Waals surface area contributed by atoms with Crippen molar-refractivity contribution < 1.29 is 107 Å². The third-order valence-electron chi connectivity index (χ3n) is 25.0. The lowest BCUT2D eigenvalue weighted by atomic mass is 9.90. The van der Waals surface area contributed by atoms with Gasteiger partial charge in [0.15, 0.2) is 5.78 Å². The van der Waals surface area contributed by atoms with E-state index in [1.165, 1.54) is 69.8 Å². The number of nitrogens with one attached hydrogen (secondary N) is 12. The van der Waals surface area contributed by atoms with Gasteiger partial charge < -0.3 is 125 Å². The number of ketones is 1. The molecule has 44 heteroatoms. The van der Waals surface area contributed by atoms with Crippen molar-refractivity contribution in [1.29, 1.82) is 0 Å². The molecule has 15 amide bonds. The molecule has 0 unspecified atom stereocenters. The molecule has 744 valence electrons. The van der Waals surface area contributed by atoms with Crippen molar-refractivity contribution in [1.82, 2.24) is 92.3 Å². The van der Waals surface area contributed by atoms with Gasteiger partial charge in [-0.2, -0.15) is 0 Å². The van der Waals surface area contributed by atoms with Crippen LogP contribution in [0.3, 0.4) is 0 Å². The number of carboxylic acids is 2. The maximum atomic E-state index is 15.9. The van der Waals surface area contributed by atoms with Gasteiger partial charge in [0.2, 0.25) is 88.6 Å². The first-order valence-corrected chi connectivity index (χ1v) is 47.5. The fraction of sp³-hybridized carbons (Fsp3) is 0.538. The van der Waals surface area contributed by atoms with Crippen LogP contribution in [0.25, 0.3) is 21.8 Å². The number of hydrogen-bond donors (Lipinski definition) is 19. The molecule has 15 atom stereocenters. The zero-order valence-corrected chi connectivity index (χ0v) is 78.7. The van der Waals surface area contributed by atoms with E-state index in [9.17, 15) is 68.4 Å². The topological polar surface area (TPSA) is 651 Å². The Hall–Kier alpha value is -13.4. The van der Waals surface area contributed by atoms with Gasteiger partial charge >= 0.3 is 11.9 Å². The van der Waals surface area contributed by atoms with Crippen LogP contribution < -0.4 is 65.1 Å². The number of aromatic hydroxyl groups is 1. The number of carboxylic acid groups (broad SMARTS) is 2. The second-order valence-electron chi connectivity index (χ2n) is 35.0. The summed E-state index contributed by atoms with van der Waals surface area (Å²) in [5, 5.41) is 67.1. The summed E-state index contributed by atoms with van der Waals surface area (Å²) in [6, 6.07) is -0.611. The average Bonchev–Trinajstić information content (AvgIpc) is 1.71. The van der Waals surface area contributed by atoms with Gasteiger partial charge in [-0.3, -0.25) is 86.3 Å². The number of aromatic nitrogens is 4. The van der Waals surface area contributed by atoms with E-state index >= 15 is 38.4 Å². The zero-order chi connectivity index (χ0) is 99.9. The number of hydrogen-bond acceptors (Lipinski definition) is 24. The molecule has 0 bridgehead atoms. The second-order valence-corrected chi connectivity index (χ2v) is 36.1. The summed E-state index contributed by atoms with van der Waals surface area (Å²) < 4.78 is 0. The average molecular weight is 1930 g/mol. The van der Waals surface area contributed by atoms with Gasteiger partial charge in [-0.05, 0) is 132 Å². The quantitative estimate of drug-likeness (QED) is 0.0255. The molecule has 3 aliphatic rings. The molecule has 6 heterocycles. The number of unbranched alkanes of at least 4 members (excludes halogenated alkanes) is 3. The number of Topliss-reactive ketones (excluding diaryl/α,β-unsaturated/α-hetero) is 1. The van der Waals surface area contributed by atoms with Crippen LogP contribution in [0.2, 0.25) is 0 Å². The molecule has 0 radical (unpaired) electrons. The number of primary amides is 1. The number of thioether (sulfide) groups is 1. The number of benzene rings is 3. The van der Waals surface area contributed by atoms with E-state index in [4.69, 9.17) is 17.2 Å². The molecule has 6 aromatic rings. The number of amides is 15.